The van der Waals surface area contributed by atoms with E-state index >= 15 is 0 Å². The van der Waals surface area contributed by atoms with Crippen LogP contribution in [0, 0.1) is 16.7 Å². The first-order valence-electron chi connectivity index (χ1n) is 9.80. The van der Waals surface area contributed by atoms with Gasteiger partial charge in [-0.3, -0.25) is 9.59 Å². The topological polar surface area (TPSA) is 145 Å². The Morgan fingerprint density at radius 2 is 1.59 bits per heavy atom. The molecule has 0 aromatic carbocycles. The van der Waals surface area contributed by atoms with Crippen LogP contribution in [0.25, 0.3) is 0 Å². The van der Waals surface area contributed by atoms with E-state index in [2.05, 4.69) is 39.8 Å². The fourth-order valence-electron chi connectivity index (χ4n) is 4.74. The minimum absolute atomic E-state index is 0.388. The van der Waals surface area contributed by atoms with Crippen LogP contribution in [0.15, 0.2) is 0 Å². The van der Waals surface area contributed by atoms with E-state index in [0.29, 0.717) is 16.9 Å². The van der Waals surface area contributed by atoms with Crippen molar-refractivity contribution < 1.29 is 39.5 Å². The predicted molar refractivity (Wildman–Crippen MR) is 105 cm³/mol. The number of hydrogen-bond acceptors (Lipinski definition) is 6. The average molecular weight is 417 g/mol. The highest BCUT2D eigenvalue weighted by Crippen LogP contribution is 2.63. The first-order valence-corrected chi connectivity index (χ1v) is 9.80. The second-order valence-electron chi connectivity index (χ2n) is 9.45. The molecule has 2 saturated carbocycles. The third-order valence-electron chi connectivity index (χ3n) is 6.25. The van der Waals surface area contributed by atoms with Crippen molar-refractivity contribution in [2.24, 2.45) is 16.7 Å². The van der Waals surface area contributed by atoms with E-state index in [1.165, 1.54) is 19.3 Å². The minimum Gasteiger partial charge on any atom is -0.481 e. The van der Waals surface area contributed by atoms with Crippen LogP contribution in [-0.4, -0.2) is 82.2 Å². The molecule has 0 radical (unpaired) electrons. The number of hydrogen-bond donors (Lipinski definition) is 4. The molecule has 2 aliphatic rings. The van der Waals surface area contributed by atoms with Gasteiger partial charge in [0.25, 0.3) is 0 Å². The fourth-order valence-corrected chi connectivity index (χ4v) is 4.74. The van der Waals surface area contributed by atoms with Gasteiger partial charge in [0.05, 0.1) is 25.6 Å². The maximum Gasteiger partial charge on any atom is 0.336 e. The van der Waals surface area contributed by atoms with Crippen molar-refractivity contribution in [2.75, 3.05) is 27.2 Å². The van der Waals surface area contributed by atoms with Gasteiger partial charge in [0, 0.05) is 6.54 Å². The van der Waals surface area contributed by atoms with E-state index in [4.69, 9.17) is 25.2 Å². The Hall–Kier alpha value is -1.71. The zero-order chi connectivity index (χ0) is 22.6. The number of rotatable bonds is 9. The van der Waals surface area contributed by atoms with Crippen LogP contribution >= 0.6 is 0 Å². The van der Waals surface area contributed by atoms with Crippen LogP contribution < -0.4 is 0 Å². The van der Waals surface area contributed by atoms with E-state index in [-0.39, 0.29) is 0 Å². The van der Waals surface area contributed by atoms with E-state index in [0.717, 1.165) is 19.1 Å². The zero-order valence-electron chi connectivity index (χ0n) is 18.0. The number of likely N-dealkylation sites (N-methyl/N-ethyl adjacent to an activating group) is 1. The normalized spacial score (nSPS) is 27.4. The number of fused-ring (bicyclic) bond motifs is 2. The highest BCUT2D eigenvalue weighted by molar-refractivity contribution is 5.88. The Balaban J connectivity index is 0.000000298. The van der Waals surface area contributed by atoms with Crippen molar-refractivity contribution in [3.63, 3.8) is 0 Å². The summed E-state index contributed by atoms with van der Waals surface area (Å²) in [5.41, 5.74) is -1.89. The fraction of sp³-hybridized carbons (Fsp3) is 0.850. The average Bonchev–Trinajstić information content (AvgIpc) is 3.00. The monoisotopic (exact) mass is 417 g/mol. The molecule has 9 heteroatoms. The Bertz CT molecular complexity index is 597. The van der Waals surface area contributed by atoms with E-state index in [9.17, 15) is 14.4 Å². The predicted octanol–water partition coefficient (Wildman–Crippen LogP) is 1.53. The SMILES string of the molecule is CN(C)CCOC1C2(C)CCC(C2)C1(C)C.O=C(O)CC(O)(CC(=O)O)C(=O)O. The van der Waals surface area contributed by atoms with Crippen molar-refractivity contribution in [3.05, 3.63) is 0 Å². The molecule has 2 rings (SSSR count). The molecule has 0 amide bonds. The van der Waals surface area contributed by atoms with Gasteiger partial charge in [-0.05, 0) is 50.1 Å². The number of aliphatic carboxylic acids is 3. The Morgan fingerprint density at radius 1 is 1.07 bits per heavy atom. The summed E-state index contributed by atoms with van der Waals surface area (Å²) in [4.78, 5) is 32.7. The van der Waals surface area contributed by atoms with Gasteiger partial charge in [0.2, 0.25) is 0 Å². The molecule has 168 valence electrons. The number of aliphatic hydroxyl groups is 1. The summed E-state index contributed by atoms with van der Waals surface area (Å²) in [6, 6.07) is 0. The molecule has 0 aromatic rings. The summed E-state index contributed by atoms with van der Waals surface area (Å²) >= 11 is 0. The Labute approximate surface area is 171 Å². The van der Waals surface area contributed by atoms with Gasteiger partial charge in [0.15, 0.2) is 5.60 Å². The van der Waals surface area contributed by atoms with Crippen molar-refractivity contribution in [3.8, 4) is 0 Å². The quantitative estimate of drug-likeness (QED) is 0.439. The second kappa shape index (κ2) is 9.40. The van der Waals surface area contributed by atoms with Gasteiger partial charge in [-0.25, -0.2) is 4.79 Å². The van der Waals surface area contributed by atoms with Crippen LogP contribution in [-0.2, 0) is 19.1 Å². The minimum atomic E-state index is -2.74. The molecule has 0 aromatic heterocycles. The lowest BCUT2D eigenvalue weighted by molar-refractivity contribution is -0.170. The molecular formula is C20H35NO8. The standard InChI is InChI=1S/C14H27NO.C6H8O7/c1-13(2)11-6-7-14(3,10-11)12(13)16-9-8-15(4)5;7-3(8)1-6(13,5(11)12)2-4(9)10/h11-12H,6-10H2,1-5H3;13H,1-2H2,(H,7,8)(H,9,10)(H,11,12). The molecule has 29 heavy (non-hydrogen) atoms. The van der Waals surface area contributed by atoms with Crippen LogP contribution in [0.4, 0.5) is 0 Å². The summed E-state index contributed by atoms with van der Waals surface area (Å²) in [6.45, 7) is 9.16. The van der Waals surface area contributed by atoms with Gasteiger partial charge in [-0.2, -0.15) is 0 Å². The number of ether oxygens (including phenoxy) is 1. The smallest absolute Gasteiger partial charge is 0.336 e. The highest BCUT2D eigenvalue weighted by atomic mass is 16.5. The van der Waals surface area contributed by atoms with Crippen molar-refractivity contribution in [2.45, 2.75) is 64.6 Å². The largest absolute Gasteiger partial charge is 0.481 e. The van der Waals surface area contributed by atoms with Gasteiger partial charge in [-0.1, -0.05) is 20.8 Å². The Morgan fingerprint density at radius 3 is 1.93 bits per heavy atom. The maximum absolute atomic E-state index is 10.3. The lowest BCUT2D eigenvalue weighted by Gasteiger charge is -2.42. The number of carboxylic acids is 3. The number of carboxylic acid groups (broad SMARTS) is 3. The first-order chi connectivity index (χ1) is 13.1. The Kier molecular flexibility index (Phi) is 8.21. The molecule has 3 unspecified atom stereocenters. The van der Waals surface area contributed by atoms with Gasteiger partial charge in [-0.15, -0.1) is 0 Å². The third kappa shape index (κ3) is 6.38. The molecule has 0 spiro atoms. The van der Waals surface area contributed by atoms with Gasteiger partial charge < -0.3 is 30.1 Å². The molecule has 0 saturated heterocycles. The van der Waals surface area contributed by atoms with Crippen molar-refractivity contribution in [1.82, 2.24) is 4.90 Å². The molecule has 4 N–H and O–H groups in total. The second-order valence-corrected chi connectivity index (χ2v) is 9.45. The van der Waals surface area contributed by atoms with Crippen LogP contribution in [0.5, 0.6) is 0 Å². The van der Waals surface area contributed by atoms with Gasteiger partial charge >= 0.3 is 17.9 Å². The summed E-state index contributed by atoms with van der Waals surface area (Å²) in [6.07, 6.45) is 2.35. The molecule has 2 aliphatic carbocycles. The van der Waals surface area contributed by atoms with E-state index < -0.39 is 36.4 Å². The third-order valence-corrected chi connectivity index (χ3v) is 6.25. The van der Waals surface area contributed by atoms with Gasteiger partial charge in [0.1, 0.15) is 0 Å². The first kappa shape index (κ1) is 25.3. The summed E-state index contributed by atoms with van der Waals surface area (Å²) in [7, 11) is 4.22. The summed E-state index contributed by atoms with van der Waals surface area (Å²) in [5, 5.41) is 33.8. The lowest BCUT2D eigenvalue weighted by atomic mass is 9.70. The maximum atomic E-state index is 10.3. The van der Waals surface area contributed by atoms with Crippen LogP contribution in [0.3, 0.4) is 0 Å². The van der Waals surface area contributed by atoms with E-state index in [1.54, 1.807) is 0 Å². The van der Waals surface area contributed by atoms with Crippen molar-refractivity contribution in [1.29, 1.82) is 0 Å². The molecular weight excluding hydrogens is 382 g/mol. The number of nitrogens with zero attached hydrogens (tertiary/aromatic N) is 1. The zero-order valence-corrected chi connectivity index (χ0v) is 18.0. The summed E-state index contributed by atoms with van der Waals surface area (Å²) in [5.74, 6) is -4.13. The molecule has 9 nitrogen and oxygen atoms in total. The highest BCUT2D eigenvalue weighted by Gasteiger charge is 2.59. The number of carbonyl (C=O) groups is 3. The van der Waals surface area contributed by atoms with Crippen LogP contribution in [0.2, 0.25) is 0 Å². The molecule has 0 heterocycles. The van der Waals surface area contributed by atoms with Crippen molar-refractivity contribution >= 4 is 17.9 Å². The molecule has 3 atom stereocenters. The molecule has 2 bridgehead atoms. The molecule has 2 fully saturated rings. The van der Waals surface area contributed by atoms with E-state index in [1.807, 2.05) is 0 Å². The van der Waals surface area contributed by atoms with Crippen LogP contribution in [0.1, 0.15) is 52.9 Å². The molecule has 0 aliphatic heterocycles. The summed E-state index contributed by atoms with van der Waals surface area (Å²) < 4.78 is 6.22. The lowest BCUT2D eigenvalue weighted by Crippen LogP contribution is -2.43.